The third-order valence-corrected chi connectivity index (χ3v) is 3.63. The Kier molecular flexibility index (Phi) is 4.40. The van der Waals surface area contributed by atoms with Crippen LogP contribution in [0.4, 0.5) is 0 Å². The van der Waals surface area contributed by atoms with Gasteiger partial charge in [0.1, 0.15) is 0 Å². The predicted octanol–water partition coefficient (Wildman–Crippen LogP) is 3.44. The Labute approximate surface area is 110 Å². The molecule has 18 heavy (non-hydrogen) atoms. The van der Waals surface area contributed by atoms with Crippen molar-refractivity contribution in [3.63, 3.8) is 0 Å². The van der Waals surface area contributed by atoms with Crippen LogP contribution in [0.3, 0.4) is 0 Å². The average molecular weight is 245 g/mol. The number of likely N-dealkylation sites (tertiary alicyclic amines) is 1. The molecule has 0 saturated carbocycles. The molecule has 0 radical (unpaired) electrons. The van der Waals surface area contributed by atoms with Crippen molar-refractivity contribution in [2.75, 3.05) is 13.1 Å². The second-order valence-corrected chi connectivity index (χ2v) is 5.69. The number of carbonyl (C=O) groups is 1. The zero-order valence-electron chi connectivity index (χ0n) is 11.4. The maximum atomic E-state index is 12.1. The molecule has 1 aliphatic heterocycles. The molecule has 98 valence electrons. The Morgan fingerprint density at radius 2 is 2.06 bits per heavy atom. The lowest BCUT2D eigenvalue weighted by atomic mass is 9.90. The van der Waals surface area contributed by atoms with Crippen LogP contribution in [-0.4, -0.2) is 23.9 Å². The molecular weight excluding hydrogens is 222 g/mol. The van der Waals surface area contributed by atoms with Crippen molar-refractivity contribution in [2.24, 2.45) is 5.92 Å². The summed E-state index contributed by atoms with van der Waals surface area (Å²) in [6.45, 7) is 6.05. The van der Waals surface area contributed by atoms with Crippen molar-refractivity contribution in [3.8, 4) is 0 Å². The van der Waals surface area contributed by atoms with E-state index in [1.807, 2.05) is 6.07 Å². The average Bonchev–Trinajstić information content (AvgIpc) is 2.39. The summed E-state index contributed by atoms with van der Waals surface area (Å²) < 4.78 is 0. The largest absolute Gasteiger partial charge is 0.342 e. The molecule has 0 aliphatic carbocycles. The van der Waals surface area contributed by atoms with E-state index in [0.717, 1.165) is 19.5 Å². The zero-order valence-corrected chi connectivity index (χ0v) is 11.4. The molecule has 1 atom stereocenters. The Morgan fingerprint density at radius 1 is 1.33 bits per heavy atom. The second kappa shape index (κ2) is 6.03. The number of hydrogen-bond acceptors (Lipinski definition) is 1. The Balaban J connectivity index is 1.98. The van der Waals surface area contributed by atoms with E-state index in [4.69, 9.17) is 0 Å². The number of benzene rings is 1. The highest BCUT2D eigenvalue weighted by Gasteiger charge is 2.24. The maximum Gasteiger partial charge on any atom is 0.222 e. The number of amides is 1. The maximum absolute atomic E-state index is 12.1. The van der Waals surface area contributed by atoms with Crippen LogP contribution in [0.25, 0.3) is 0 Å². The van der Waals surface area contributed by atoms with E-state index >= 15 is 0 Å². The highest BCUT2D eigenvalue weighted by Crippen LogP contribution is 2.27. The second-order valence-electron chi connectivity index (χ2n) is 5.69. The molecule has 1 saturated heterocycles. The third kappa shape index (κ3) is 3.34. The molecule has 0 spiro atoms. The lowest BCUT2D eigenvalue weighted by Gasteiger charge is -2.33. The van der Waals surface area contributed by atoms with Gasteiger partial charge in [-0.15, -0.1) is 0 Å². The van der Waals surface area contributed by atoms with Crippen LogP contribution in [0, 0.1) is 5.92 Å². The van der Waals surface area contributed by atoms with Crippen LogP contribution in [-0.2, 0) is 4.79 Å². The number of carbonyl (C=O) groups excluding carboxylic acids is 1. The number of hydrogen-bond donors (Lipinski definition) is 0. The molecule has 2 rings (SSSR count). The molecule has 0 bridgehead atoms. The van der Waals surface area contributed by atoms with Gasteiger partial charge >= 0.3 is 0 Å². The summed E-state index contributed by atoms with van der Waals surface area (Å²) in [5, 5.41) is 0. The summed E-state index contributed by atoms with van der Waals surface area (Å²) in [5.74, 6) is 1.30. The quantitative estimate of drug-likeness (QED) is 0.799. The zero-order chi connectivity index (χ0) is 13.0. The van der Waals surface area contributed by atoms with Gasteiger partial charge in [-0.2, -0.15) is 0 Å². The predicted molar refractivity (Wildman–Crippen MR) is 74.5 cm³/mol. The van der Waals surface area contributed by atoms with E-state index < -0.39 is 0 Å². The van der Waals surface area contributed by atoms with Crippen LogP contribution in [0.2, 0.25) is 0 Å². The van der Waals surface area contributed by atoms with Crippen LogP contribution in [0.15, 0.2) is 30.3 Å². The molecular formula is C16H23NO. The molecule has 1 fully saturated rings. The highest BCUT2D eigenvalue weighted by atomic mass is 16.2. The van der Waals surface area contributed by atoms with Gasteiger partial charge in [-0.3, -0.25) is 4.79 Å². The van der Waals surface area contributed by atoms with Gasteiger partial charge in [0.2, 0.25) is 5.91 Å². The normalized spacial score (nSPS) is 20.2. The van der Waals surface area contributed by atoms with Gasteiger partial charge in [-0.05, 0) is 24.3 Å². The van der Waals surface area contributed by atoms with Crippen LogP contribution in [0.1, 0.15) is 44.6 Å². The Morgan fingerprint density at radius 3 is 2.72 bits per heavy atom. The lowest BCUT2D eigenvalue weighted by molar-refractivity contribution is -0.133. The molecule has 1 unspecified atom stereocenters. The molecule has 0 aromatic heterocycles. The van der Waals surface area contributed by atoms with E-state index in [1.165, 1.54) is 12.0 Å². The molecule has 0 N–H and O–H groups in total. The molecule has 1 heterocycles. The van der Waals surface area contributed by atoms with E-state index in [1.54, 1.807) is 0 Å². The monoisotopic (exact) mass is 245 g/mol. The van der Waals surface area contributed by atoms with Crippen LogP contribution >= 0.6 is 0 Å². The van der Waals surface area contributed by atoms with Crippen molar-refractivity contribution in [1.29, 1.82) is 0 Å². The molecule has 1 aromatic carbocycles. The van der Waals surface area contributed by atoms with Gasteiger partial charge in [0, 0.05) is 25.4 Å². The molecule has 2 nitrogen and oxygen atoms in total. The fraction of sp³-hybridized carbons (Fsp3) is 0.562. The first-order valence-electron chi connectivity index (χ1n) is 6.99. The first kappa shape index (κ1) is 13.1. The van der Waals surface area contributed by atoms with Crippen molar-refractivity contribution in [3.05, 3.63) is 35.9 Å². The summed E-state index contributed by atoms with van der Waals surface area (Å²) in [7, 11) is 0. The van der Waals surface area contributed by atoms with Crippen LogP contribution in [0.5, 0.6) is 0 Å². The first-order chi connectivity index (χ1) is 8.66. The van der Waals surface area contributed by atoms with Crippen molar-refractivity contribution >= 4 is 5.91 Å². The van der Waals surface area contributed by atoms with Gasteiger partial charge in [-0.25, -0.2) is 0 Å². The first-order valence-corrected chi connectivity index (χ1v) is 6.99. The summed E-state index contributed by atoms with van der Waals surface area (Å²) in [4.78, 5) is 14.2. The molecule has 2 heteroatoms. The van der Waals surface area contributed by atoms with Gasteiger partial charge in [-0.1, -0.05) is 44.2 Å². The number of piperidine rings is 1. The Bertz CT molecular complexity index is 385. The molecule has 1 aromatic rings. The standard InChI is InChI=1S/C16H23NO/c1-13(2)11-16(18)17-10-6-9-15(12-17)14-7-4-3-5-8-14/h3-5,7-8,13,15H,6,9-12H2,1-2H3. The summed E-state index contributed by atoms with van der Waals surface area (Å²) in [6, 6.07) is 10.6. The SMILES string of the molecule is CC(C)CC(=O)N1CCCC(c2ccccc2)C1. The molecule has 1 aliphatic rings. The van der Waals surface area contributed by atoms with E-state index in [9.17, 15) is 4.79 Å². The minimum Gasteiger partial charge on any atom is -0.342 e. The van der Waals surface area contributed by atoms with Gasteiger partial charge in [0.25, 0.3) is 0 Å². The van der Waals surface area contributed by atoms with Crippen molar-refractivity contribution < 1.29 is 4.79 Å². The number of nitrogens with zero attached hydrogens (tertiary/aromatic N) is 1. The van der Waals surface area contributed by atoms with Gasteiger partial charge in [0.15, 0.2) is 0 Å². The van der Waals surface area contributed by atoms with Crippen molar-refractivity contribution in [1.82, 2.24) is 4.90 Å². The van der Waals surface area contributed by atoms with E-state index in [-0.39, 0.29) is 0 Å². The lowest BCUT2D eigenvalue weighted by Crippen LogP contribution is -2.39. The fourth-order valence-corrected chi connectivity index (χ4v) is 2.68. The smallest absolute Gasteiger partial charge is 0.222 e. The topological polar surface area (TPSA) is 20.3 Å². The Hall–Kier alpha value is -1.31. The fourth-order valence-electron chi connectivity index (χ4n) is 2.68. The highest BCUT2D eigenvalue weighted by molar-refractivity contribution is 5.76. The summed E-state index contributed by atoms with van der Waals surface area (Å²) >= 11 is 0. The van der Waals surface area contributed by atoms with E-state index in [0.29, 0.717) is 24.2 Å². The van der Waals surface area contributed by atoms with Crippen LogP contribution < -0.4 is 0 Å². The van der Waals surface area contributed by atoms with Gasteiger partial charge in [0.05, 0.1) is 0 Å². The summed E-state index contributed by atoms with van der Waals surface area (Å²) in [6.07, 6.45) is 3.01. The third-order valence-electron chi connectivity index (χ3n) is 3.63. The minimum atomic E-state index is 0.325. The van der Waals surface area contributed by atoms with Crippen molar-refractivity contribution in [2.45, 2.75) is 39.0 Å². The van der Waals surface area contributed by atoms with Gasteiger partial charge < -0.3 is 4.90 Å². The summed E-state index contributed by atoms with van der Waals surface area (Å²) in [5.41, 5.74) is 1.37. The number of rotatable bonds is 3. The molecule has 1 amide bonds. The van der Waals surface area contributed by atoms with E-state index in [2.05, 4.69) is 43.0 Å². The minimum absolute atomic E-state index is 0.325.